The molecule has 128 valence electrons. The summed E-state index contributed by atoms with van der Waals surface area (Å²) in [4.78, 5) is 21.4. The molecule has 25 heavy (non-hydrogen) atoms. The number of H-pyrrole nitrogens is 1. The van der Waals surface area contributed by atoms with Crippen LogP contribution < -0.4 is 10.6 Å². The Kier molecular flexibility index (Phi) is 3.92. The van der Waals surface area contributed by atoms with E-state index in [1.54, 1.807) is 12.4 Å². The monoisotopic (exact) mass is 334 g/mol. The Bertz CT molecular complexity index is 922. The summed E-state index contributed by atoms with van der Waals surface area (Å²) < 4.78 is 0. The number of carbonyl (C=O) groups is 1. The van der Waals surface area contributed by atoms with Crippen molar-refractivity contribution >= 4 is 22.5 Å². The lowest BCUT2D eigenvalue weighted by atomic mass is 9.87. The van der Waals surface area contributed by atoms with E-state index in [4.69, 9.17) is 5.73 Å². The number of aromatic amines is 1. The molecule has 3 N–H and O–H groups in total. The van der Waals surface area contributed by atoms with Gasteiger partial charge in [0.25, 0.3) is 5.91 Å². The number of piperidine rings is 1. The number of carbonyl (C=O) groups excluding carboxylic acids is 1. The predicted octanol–water partition coefficient (Wildman–Crippen LogP) is 3.35. The van der Waals surface area contributed by atoms with Crippen LogP contribution in [0, 0.1) is 6.92 Å². The van der Waals surface area contributed by atoms with Gasteiger partial charge in [-0.1, -0.05) is 18.2 Å². The molecule has 3 heterocycles. The molecule has 1 fully saturated rings. The number of amides is 1. The van der Waals surface area contributed by atoms with Gasteiger partial charge in [0.05, 0.1) is 11.3 Å². The number of aryl methyl sites for hydroxylation is 1. The lowest BCUT2D eigenvalue weighted by Crippen LogP contribution is -2.34. The molecule has 1 aliphatic heterocycles. The SMILES string of the molecule is Cc1[nH]c2ccccc2c1C1CCN(c2ccncc2C(N)=O)CC1. The molecule has 0 radical (unpaired) electrons. The van der Waals surface area contributed by atoms with Crippen LogP contribution in [0.15, 0.2) is 42.7 Å². The van der Waals surface area contributed by atoms with Crippen LogP contribution in [-0.2, 0) is 0 Å². The number of primary amides is 1. The number of hydrogen-bond donors (Lipinski definition) is 2. The second-order valence-corrected chi connectivity index (χ2v) is 6.73. The summed E-state index contributed by atoms with van der Waals surface area (Å²) in [6.07, 6.45) is 5.40. The third-order valence-corrected chi connectivity index (χ3v) is 5.25. The zero-order valence-corrected chi connectivity index (χ0v) is 14.3. The van der Waals surface area contributed by atoms with Crippen molar-refractivity contribution in [1.82, 2.24) is 9.97 Å². The highest BCUT2D eigenvalue weighted by Crippen LogP contribution is 2.37. The standard InChI is InChI=1S/C20H22N4O/c1-13-19(15-4-2-3-5-17(15)23-13)14-7-10-24(11-8-14)18-6-9-22-12-16(18)20(21)25/h2-6,9,12,14,23H,7-8,10-11H2,1H3,(H2,21,25). The van der Waals surface area contributed by atoms with Gasteiger partial charge >= 0.3 is 0 Å². The van der Waals surface area contributed by atoms with E-state index in [1.807, 2.05) is 6.07 Å². The lowest BCUT2D eigenvalue weighted by Gasteiger charge is -2.34. The fourth-order valence-corrected chi connectivity index (χ4v) is 4.09. The second kappa shape index (κ2) is 6.24. The largest absolute Gasteiger partial charge is 0.371 e. The Morgan fingerprint density at radius 2 is 2.00 bits per heavy atom. The fourth-order valence-electron chi connectivity index (χ4n) is 4.09. The number of aromatic nitrogens is 2. The number of nitrogens with two attached hydrogens (primary N) is 1. The molecule has 0 bridgehead atoms. The van der Waals surface area contributed by atoms with Crippen molar-refractivity contribution in [3.63, 3.8) is 0 Å². The number of rotatable bonds is 3. The summed E-state index contributed by atoms with van der Waals surface area (Å²) >= 11 is 0. The minimum atomic E-state index is -0.419. The van der Waals surface area contributed by atoms with E-state index >= 15 is 0 Å². The molecule has 0 aliphatic carbocycles. The van der Waals surface area contributed by atoms with E-state index in [1.165, 1.54) is 22.2 Å². The molecule has 1 aromatic carbocycles. The minimum absolute atomic E-state index is 0.419. The van der Waals surface area contributed by atoms with Gasteiger partial charge in [0.1, 0.15) is 0 Å². The maximum Gasteiger partial charge on any atom is 0.252 e. The maximum atomic E-state index is 11.7. The fraction of sp³-hybridized carbons (Fsp3) is 0.300. The molecule has 1 saturated heterocycles. The summed E-state index contributed by atoms with van der Waals surface area (Å²) in [6.45, 7) is 3.98. The van der Waals surface area contributed by atoms with Crippen LogP contribution in [0.3, 0.4) is 0 Å². The number of anilines is 1. The Morgan fingerprint density at radius 1 is 1.24 bits per heavy atom. The molecule has 2 aromatic heterocycles. The molecule has 4 rings (SSSR count). The highest BCUT2D eigenvalue weighted by molar-refractivity contribution is 5.98. The molecule has 1 aliphatic rings. The van der Waals surface area contributed by atoms with Gasteiger partial charge in [0, 0.05) is 42.1 Å². The van der Waals surface area contributed by atoms with Crippen molar-refractivity contribution in [2.45, 2.75) is 25.7 Å². The van der Waals surface area contributed by atoms with Crippen molar-refractivity contribution in [3.8, 4) is 0 Å². The average Bonchev–Trinajstić information content (AvgIpc) is 2.97. The molecule has 0 spiro atoms. The van der Waals surface area contributed by atoms with Crippen molar-refractivity contribution in [2.75, 3.05) is 18.0 Å². The molecule has 1 amide bonds. The zero-order valence-electron chi connectivity index (χ0n) is 14.3. The Morgan fingerprint density at radius 3 is 2.76 bits per heavy atom. The quantitative estimate of drug-likeness (QED) is 0.771. The van der Waals surface area contributed by atoms with Gasteiger partial charge in [0.15, 0.2) is 0 Å². The van der Waals surface area contributed by atoms with E-state index in [0.29, 0.717) is 11.5 Å². The summed E-state index contributed by atoms with van der Waals surface area (Å²) in [5.74, 6) is 0.115. The molecule has 3 aromatic rings. The van der Waals surface area contributed by atoms with Crippen LogP contribution in [-0.4, -0.2) is 29.0 Å². The first-order valence-corrected chi connectivity index (χ1v) is 8.71. The van der Waals surface area contributed by atoms with Crippen LogP contribution in [0.5, 0.6) is 0 Å². The van der Waals surface area contributed by atoms with Gasteiger partial charge in [-0.15, -0.1) is 0 Å². The van der Waals surface area contributed by atoms with Crippen LogP contribution in [0.1, 0.15) is 40.4 Å². The highest BCUT2D eigenvalue weighted by atomic mass is 16.1. The topological polar surface area (TPSA) is 75.0 Å². The molecular weight excluding hydrogens is 312 g/mol. The zero-order chi connectivity index (χ0) is 17.4. The van der Waals surface area contributed by atoms with E-state index < -0.39 is 5.91 Å². The number of hydrogen-bond acceptors (Lipinski definition) is 3. The van der Waals surface area contributed by atoms with Gasteiger partial charge in [-0.05, 0) is 43.4 Å². The Hall–Kier alpha value is -2.82. The van der Waals surface area contributed by atoms with Crippen molar-refractivity contribution in [3.05, 3.63) is 59.5 Å². The molecule has 0 atom stereocenters. The highest BCUT2D eigenvalue weighted by Gasteiger charge is 2.26. The Balaban J connectivity index is 1.58. The predicted molar refractivity (Wildman–Crippen MR) is 100.0 cm³/mol. The smallest absolute Gasteiger partial charge is 0.252 e. The average molecular weight is 334 g/mol. The van der Waals surface area contributed by atoms with Gasteiger partial charge in [-0.3, -0.25) is 9.78 Å². The van der Waals surface area contributed by atoms with Gasteiger partial charge in [0.2, 0.25) is 0 Å². The maximum absolute atomic E-state index is 11.7. The van der Waals surface area contributed by atoms with E-state index in [-0.39, 0.29) is 0 Å². The number of para-hydroxylation sites is 1. The van der Waals surface area contributed by atoms with E-state index in [2.05, 4.69) is 46.1 Å². The molecule has 5 heteroatoms. The first-order chi connectivity index (χ1) is 12.1. The third-order valence-electron chi connectivity index (χ3n) is 5.25. The molecular formula is C20H22N4O. The number of nitrogens with one attached hydrogen (secondary N) is 1. The van der Waals surface area contributed by atoms with E-state index in [9.17, 15) is 4.79 Å². The first-order valence-electron chi connectivity index (χ1n) is 8.71. The molecule has 0 unspecified atom stereocenters. The van der Waals surface area contributed by atoms with Gasteiger partial charge in [-0.25, -0.2) is 0 Å². The number of pyridine rings is 1. The lowest BCUT2D eigenvalue weighted by molar-refractivity contribution is 0.100. The van der Waals surface area contributed by atoms with Crippen molar-refractivity contribution < 1.29 is 4.79 Å². The summed E-state index contributed by atoms with van der Waals surface area (Å²) in [5, 5.41) is 1.33. The van der Waals surface area contributed by atoms with Crippen molar-refractivity contribution in [2.24, 2.45) is 5.73 Å². The van der Waals surface area contributed by atoms with Crippen LogP contribution in [0.25, 0.3) is 10.9 Å². The number of nitrogens with zero attached hydrogens (tertiary/aromatic N) is 2. The minimum Gasteiger partial charge on any atom is -0.371 e. The summed E-state index contributed by atoms with van der Waals surface area (Å²) in [6, 6.07) is 10.4. The van der Waals surface area contributed by atoms with Gasteiger partial charge < -0.3 is 15.6 Å². The third kappa shape index (κ3) is 2.76. The van der Waals surface area contributed by atoms with Crippen LogP contribution in [0.2, 0.25) is 0 Å². The Labute approximate surface area is 146 Å². The number of benzene rings is 1. The molecule has 0 saturated carbocycles. The van der Waals surface area contributed by atoms with Crippen LogP contribution >= 0.6 is 0 Å². The summed E-state index contributed by atoms with van der Waals surface area (Å²) in [5.41, 5.74) is 10.8. The normalized spacial score (nSPS) is 15.6. The molecule has 5 nitrogen and oxygen atoms in total. The van der Waals surface area contributed by atoms with Crippen LogP contribution in [0.4, 0.5) is 5.69 Å². The van der Waals surface area contributed by atoms with Crippen molar-refractivity contribution in [1.29, 1.82) is 0 Å². The van der Waals surface area contributed by atoms with Gasteiger partial charge in [-0.2, -0.15) is 0 Å². The number of fused-ring (bicyclic) bond motifs is 1. The second-order valence-electron chi connectivity index (χ2n) is 6.73. The summed E-state index contributed by atoms with van der Waals surface area (Å²) in [7, 11) is 0. The van der Waals surface area contributed by atoms with E-state index in [0.717, 1.165) is 31.6 Å². The first kappa shape index (κ1) is 15.7.